The predicted octanol–water partition coefficient (Wildman–Crippen LogP) is 2.91. The van der Waals surface area contributed by atoms with Gasteiger partial charge in [-0.1, -0.05) is 6.07 Å². The lowest BCUT2D eigenvalue weighted by Crippen LogP contribution is -2.43. The third kappa shape index (κ3) is 3.54. The number of ether oxygens (including phenoxy) is 1. The Morgan fingerprint density at radius 1 is 1.28 bits per heavy atom. The quantitative estimate of drug-likeness (QED) is 0.664. The van der Waals surface area contributed by atoms with Crippen molar-refractivity contribution >= 4 is 17.7 Å². The van der Waals surface area contributed by atoms with E-state index in [2.05, 4.69) is 20.3 Å². The van der Waals surface area contributed by atoms with Gasteiger partial charge in [0.1, 0.15) is 11.9 Å². The van der Waals surface area contributed by atoms with Gasteiger partial charge in [-0.2, -0.15) is 0 Å². The van der Waals surface area contributed by atoms with Crippen molar-refractivity contribution < 1.29 is 18.7 Å². The zero-order valence-electron chi connectivity index (χ0n) is 15.6. The van der Waals surface area contributed by atoms with Crippen molar-refractivity contribution in [2.75, 3.05) is 19.0 Å². The number of aromatic nitrogens is 3. The van der Waals surface area contributed by atoms with Crippen molar-refractivity contribution in [1.82, 2.24) is 19.9 Å². The Balaban J connectivity index is 1.67. The Morgan fingerprint density at radius 2 is 2.14 bits per heavy atom. The Hall–Kier alpha value is -3.75. The molecule has 9 heteroatoms. The van der Waals surface area contributed by atoms with Gasteiger partial charge in [0, 0.05) is 24.9 Å². The van der Waals surface area contributed by atoms with Gasteiger partial charge in [-0.15, -0.1) is 0 Å². The number of hydrogen-bond acceptors (Lipinski definition) is 5. The van der Waals surface area contributed by atoms with Crippen LogP contribution < -0.4 is 5.32 Å². The van der Waals surface area contributed by atoms with Crippen LogP contribution in [0.5, 0.6) is 0 Å². The van der Waals surface area contributed by atoms with Crippen LogP contribution in [-0.2, 0) is 11.2 Å². The SMILES string of the molecule is COC(=O)c1cc(F)ccc1NC(=O)N1CCc2[nH]cnc2[C@@H]1c1ccccn1. The number of halogens is 1. The number of nitrogens with zero attached hydrogens (tertiary/aromatic N) is 3. The molecule has 1 aliphatic rings. The lowest BCUT2D eigenvalue weighted by Gasteiger charge is -2.34. The monoisotopic (exact) mass is 395 g/mol. The summed E-state index contributed by atoms with van der Waals surface area (Å²) in [6.45, 7) is 0.414. The van der Waals surface area contributed by atoms with E-state index in [-0.39, 0.29) is 11.3 Å². The average Bonchev–Trinajstić information content (AvgIpc) is 3.23. The van der Waals surface area contributed by atoms with Gasteiger partial charge in [-0.25, -0.2) is 19.0 Å². The number of hydrogen-bond donors (Lipinski definition) is 2. The number of urea groups is 1. The van der Waals surface area contributed by atoms with E-state index in [9.17, 15) is 14.0 Å². The Kier molecular flexibility index (Phi) is 4.94. The zero-order chi connectivity index (χ0) is 20.4. The van der Waals surface area contributed by atoms with Crippen molar-refractivity contribution in [3.8, 4) is 0 Å². The topological polar surface area (TPSA) is 100 Å². The first-order chi connectivity index (χ1) is 14.1. The molecule has 0 bridgehead atoms. The summed E-state index contributed by atoms with van der Waals surface area (Å²) in [5.41, 5.74) is 2.44. The van der Waals surface area contributed by atoms with Gasteiger partial charge in [0.15, 0.2) is 0 Å². The number of rotatable bonds is 3. The van der Waals surface area contributed by atoms with E-state index in [1.807, 2.05) is 12.1 Å². The van der Waals surface area contributed by atoms with Gasteiger partial charge in [0.25, 0.3) is 0 Å². The lowest BCUT2D eigenvalue weighted by atomic mass is 9.99. The third-order valence-corrected chi connectivity index (χ3v) is 4.78. The molecule has 0 fully saturated rings. The van der Waals surface area contributed by atoms with E-state index < -0.39 is 23.9 Å². The summed E-state index contributed by atoms with van der Waals surface area (Å²) >= 11 is 0. The number of aromatic amines is 1. The summed E-state index contributed by atoms with van der Waals surface area (Å²) in [6.07, 6.45) is 3.85. The molecule has 2 aromatic heterocycles. The van der Waals surface area contributed by atoms with Crippen molar-refractivity contribution in [3.63, 3.8) is 0 Å². The number of benzene rings is 1. The summed E-state index contributed by atoms with van der Waals surface area (Å²) < 4.78 is 18.3. The molecule has 148 valence electrons. The van der Waals surface area contributed by atoms with Crippen LogP contribution in [0.1, 0.15) is 33.5 Å². The smallest absolute Gasteiger partial charge is 0.340 e. The predicted molar refractivity (Wildman–Crippen MR) is 102 cm³/mol. The number of methoxy groups -OCH3 is 1. The molecule has 1 aliphatic heterocycles. The number of nitrogens with one attached hydrogen (secondary N) is 2. The number of H-pyrrole nitrogens is 1. The number of pyridine rings is 1. The van der Waals surface area contributed by atoms with Crippen LogP contribution in [0.15, 0.2) is 48.9 Å². The maximum absolute atomic E-state index is 13.6. The van der Waals surface area contributed by atoms with Gasteiger partial charge in [0.05, 0.1) is 36.1 Å². The largest absolute Gasteiger partial charge is 0.465 e. The first-order valence-corrected chi connectivity index (χ1v) is 8.97. The van der Waals surface area contributed by atoms with Crippen LogP contribution in [0.4, 0.5) is 14.9 Å². The summed E-state index contributed by atoms with van der Waals surface area (Å²) in [4.78, 5) is 38.6. The molecule has 2 N–H and O–H groups in total. The molecular weight excluding hydrogens is 377 g/mol. The third-order valence-electron chi connectivity index (χ3n) is 4.78. The zero-order valence-corrected chi connectivity index (χ0v) is 15.6. The van der Waals surface area contributed by atoms with Gasteiger partial charge in [-0.3, -0.25) is 4.98 Å². The van der Waals surface area contributed by atoms with Gasteiger partial charge >= 0.3 is 12.0 Å². The minimum Gasteiger partial charge on any atom is -0.465 e. The first-order valence-electron chi connectivity index (χ1n) is 8.97. The number of amides is 2. The Labute approximate surface area is 165 Å². The maximum atomic E-state index is 13.6. The number of carbonyl (C=O) groups is 2. The van der Waals surface area contributed by atoms with Crippen LogP contribution in [-0.4, -0.2) is 45.5 Å². The second-order valence-electron chi connectivity index (χ2n) is 6.48. The fourth-order valence-corrected chi connectivity index (χ4v) is 3.42. The molecule has 3 aromatic rings. The molecular formula is C20H18FN5O3. The van der Waals surface area contributed by atoms with Gasteiger partial charge in [-0.05, 0) is 30.3 Å². The molecule has 2 amide bonds. The number of fused-ring (bicyclic) bond motifs is 1. The van der Waals surface area contributed by atoms with Gasteiger partial charge in [0.2, 0.25) is 0 Å². The van der Waals surface area contributed by atoms with E-state index in [0.29, 0.717) is 18.7 Å². The minimum absolute atomic E-state index is 0.0623. The highest BCUT2D eigenvalue weighted by Crippen LogP contribution is 2.33. The molecule has 29 heavy (non-hydrogen) atoms. The Bertz CT molecular complexity index is 1050. The van der Waals surface area contributed by atoms with Crippen LogP contribution in [0.25, 0.3) is 0 Å². The fourth-order valence-electron chi connectivity index (χ4n) is 3.42. The summed E-state index contributed by atoms with van der Waals surface area (Å²) in [5, 5.41) is 2.70. The molecule has 8 nitrogen and oxygen atoms in total. The number of anilines is 1. The second kappa shape index (κ2) is 7.70. The Morgan fingerprint density at radius 3 is 2.90 bits per heavy atom. The van der Waals surface area contributed by atoms with Crippen molar-refractivity contribution in [2.24, 2.45) is 0 Å². The minimum atomic E-state index is -0.741. The molecule has 0 spiro atoms. The van der Waals surface area contributed by atoms with E-state index in [0.717, 1.165) is 17.5 Å². The first kappa shape index (κ1) is 18.6. The normalized spacial score (nSPS) is 15.5. The molecule has 1 atom stereocenters. The highest BCUT2D eigenvalue weighted by atomic mass is 19.1. The van der Waals surface area contributed by atoms with E-state index in [1.165, 1.54) is 19.2 Å². The molecule has 3 heterocycles. The molecule has 0 saturated carbocycles. The summed E-state index contributed by atoms with van der Waals surface area (Å²) in [5.74, 6) is -1.34. The van der Waals surface area contributed by atoms with Crippen LogP contribution in [0.2, 0.25) is 0 Å². The van der Waals surface area contributed by atoms with E-state index >= 15 is 0 Å². The molecule has 0 aliphatic carbocycles. The summed E-state index contributed by atoms with van der Waals surface area (Å²) in [7, 11) is 1.19. The molecule has 0 radical (unpaired) electrons. The lowest BCUT2D eigenvalue weighted by molar-refractivity contribution is 0.0601. The van der Waals surface area contributed by atoms with Crippen LogP contribution >= 0.6 is 0 Å². The second-order valence-corrected chi connectivity index (χ2v) is 6.48. The highest BCUT2D eigenvalue weighted by Gasteiger charge is 2.35. The number of carbonyl (C=O) groups excluding carboxylic acids is 2. The average molecular weight is 395 g/mol. The van der Waals surface area contributed by atoms with Crippen molar-refractivity contribution in [2.45, 2.75) is 12.5 Å². The van der Waals surface area contributed by atoms with Crippen molar-refractivity contribution in [1.29, 1.82) is 0 Å². The van der Waals surface area contributed by atoms with Crippen molar-refractivity contribution in [3.05, 3.63) is 77.4 Å². The molecule has 0 saturated heterocycles. The fraction of sp³-hybridized carbons (Fsp3) is 0.200. The summed E-state index contributed by atoms with van der Waals surface area (Å²) in [6, 6.07) is 8.04. The molecule has 1 aromatic carbocycles. The standard InChI is InChI=1S/C20H18FN5O3/c1-29-19(27)13-10-12(21)5-6-14(13)25-20(28)26-9-7-15-17(24-11-23-15)18(26)16-4-2-3-8-22-16/h2-6,8,10-11,18H,7,9H2,1H3,(H,23,24)(H,25,28)/t18-/m0/s1. The van der Waals surface area contributed by atoms with E-state index in [4.69, 9.17) is 4.74 Å². The molecule has 4 rings (SSSR count). The number of imidazole rings is 1. The van der Waals surface area contributed by atoms with Crippen LogP contribution in [0.3, 0.4) is 0 Å². The van der Waals surface area contributed by atoms with Crippen LogP contribution in [0, 0.1) is 5.82 Å². The molecule has 0 unspecified atom stereocenters. The highest BCUT2D eigenvalue weighted by molar-refractivity contribution is 6.01. The van der Waals surface area contributed by atoms with Gasteiger partial charge < -0.3 is 19.9 Å². The van der Waals surface area contributed by atoms with E-state index in [1.54, 1.807) is 23.5 Å². The number of esters is 1. The maximum Gasteiger partial charge on any atom is 0.340 e.